The minimum Gasteiger partial charge on any atom is -0.492 e. The molecule has 0 saturated carbocycles. The highest BCUT2D eigenvalue weighted by Crippen LogP contribution is 2.36. The van der Waals surface area contributed by atoms with Crippen LogP contribution in [0.25, 0.3) is 10.4 Å². The van der Waals surface area contributed by atoms with Gasteiger partial charge >= 0.3 is 0 Å². The first-order valence-corrected chi connectivity index (χ1v) is 8.93. The van der Waals surface area contributed by atoms with Crippen molar-refractivity contribution < 1.29 is 9.53 Å². The van der Waals surface area contributed by atoms with Gasteiger partial charge in [0.15, 0.2) is 0 Å². The number of ether oxygens (including phenoxy) is 1. The number of carbonyl (C=O) groups excluding carboxylic acids is 1. The number of halogens is 1. The van der Waals surface area contributed by atoms with E-state index in [0.29, 0.717) is 17.2 Å². The van der Waals surface area contributed by atoms with Crippen LogP contribution in [-0.4, -0.2) is 31.6 Å². The van der Waals surface area contributed by atoms with Crippen LogP contribution >= 0.6 is 23.7 Å². The molecule has 0 aliphatic carbocycles. The number of carbonyl (C=O) groups is 1. The van der Waals surface area contributed by atoms with E-state index < -0.39 is 0 Å². The van der Waals surface area contributed by atoms with Crippen LogP contribution in [0, 0.1) is 0 Å². The Balaban J connectivity index is 0.00000208. The Morgan fingerprint density at radius 3 is 2.83 bits per heavy atom. The minimum absolute atomic E-state index is 0. The van der Waals surface area contributed by atoms with Gasteiger partial charge in [0, 0.05) is 17.5 Å². The molecule has 4 nitrogen and oxygen atoms in total. The number of rotatable bonds is 5. The summed E-state index contributed by atoms with van der Waals surface area (Å²) < 4.78 is 5.68. The molecule has 0 spiro atoms. The van der Waals surface area contributed by atoms with E-state index in [4.69, 9.17) is 4.74 Å². The number of hydrogen-bond donors (Lipinski definition) is 2. The third kappa shape index (κ3) is 4.50. The van der Waals surface area contributed by atoms with Crippen molar-refractivity contribution in [3.05, 3.63) is 41.3 Å². The van der Waals surface area contributed by atoms with E-state index >= 15 is 0 Å². The molecule has 1 aromatic heterocycles. The van der Waals surface area contributed by atoms with Crippen molar-refractivity contribution in [2.24, 2.45) is 0 Å². The number of amides is 1. The molecule has 24 heavy (non-hydrogen) atoms. The Bertz CT molecular complexity index is 654. The number of thiophene rings is 1. The molecule has 130 valence electrons. The third-order valence-electron chi connectivity index (χ3n) is 3.89. The molecular weight excluding hydrogens is 344 g/mol. The van der Waals surface area contributed by atoms with Crippen molar-refractivity contribution in [1.29, 1.82) is 0 Å². The normalized spacial score (nSPS) is 17.0. The molecule has 6 heteroatoms. The lowest BCUT2D eigenvalue weighted by Crippen LogP contribution is -2.45. The Morgan fingerprint density at radius 2 is 2.17 bits per heavy atom. The molecule has 0 unspecified atom stereocenters. The van der Waals surface area contributed by atoms with Gasteiger partial charge in [0.1, 0.15) is 10.6 Å². The SMILES string of the molecule is CCOc1cc(-c2ccccc2)sc1C(=O)N[C@H]1CCCNC1.Cl. The molecule has 2 N–H and O–H groups in total. The predicted octanol–water partition coefficient (Wildman–Crippen LogP) is 3.72. The Hall–Kier alpha value is -1.56. The first-order valence-electron chi connectivity index (χ1n) is 8.11. The molecular formula is C18H23ClN2O2S. The molecule has 1 fully saturated rings. The average Bonchev–Trinajstić information content (AvgIpc) is 3.01. The smallest absolute Gasteiger partial charge is 0.265 e. The lowest BCUT2D eigenvalue weighted by atomic mass is 10.1. The largest absolute Gasteiger partial charge is 0.492 e. The Morgan fingerprint density at radius 1 is 1.38 bits per heavy atom. The average molecular weight is 367 g/mol. The van der Waals surface area contributed by atoms with E-state index in [1.54, 1.807) is 0 Å². The van der Waals surface area contributed by atoms with Gasteiger partial charge in [-0.05, 0) is 37.9 Å². The van der Waals surface area contributed by atoms with E-state index in [0.717, 1.165) is 36.4 Å². The highest BCUT2D eigenvalue weighted by Gasteiger charge is 2.22. The Kier molecular flexibility index (Phi) is 7.09. The van der Waals surface area contributed by atoms with Crippen LogP contribution in [-0.2, 0) is 0 Å². The van der Waals surface area contributed by atoms with Crippen LogP contribution in [0.1, 0.15) is 29.4 Å². The molecule has 2 aromatic rings. The van der Waals surface area contributed by atoms with Crippen molar-refractivity contribution in [3.8, 4) is 16.2 Å². The second kappa shape index (κ2) is 9.06. The number of benzene rings is 1. The molecule has 1 amide bonds. The van der Waals surface area contributed by atoms with Crippen LogP contribution in [0.5, 0.6) is 5.75 Å². The highest BCUT2D eigenvalue weighted by atomic mass is 35.5. The standard InChI is InChI=1S/C18H22N2O2S.ClH/c1-2-22-15-11-16(13-7-4-3-5-8-13)23-17(15)18(21)20-14-9-6-10-19-12-14;/h3-5,7-8,11,14,19H,2,6,9-10,12H2,1H3,(H,20,21);1H/t14-;/m0./s1. The van der Waals surface area contributed by atoms with Gasteiger partial charge in [-0.25, -0.2) is 0 Å². The first kappa shape index (κ1) is 18.8. The monoisotopic (exact) mass is 366 g/mol. The molecule has 1 aliphatic rings. The van der Waals surface area contributed by atoms with Crippen molar-refractivity contribution in [2.45, 2.75) is 25.8 Å². The zero-order valence-corrected chi connectivity index (χ0v) is 15.3. The summed E-state index contributed by atoms with van der Waals surface area (Å²) in [5.74, 6) is 0.645. The maximum atomic E-state index is 12.6. The van der Waals surface area contributed by atoms with E-state index in [1.807, 2.05) is 43.3 Å². The Labute approximate surface area is 153 Å². The molecule has 1 saturated heterocycles. The second-order valence-corrected chi connectivity index (χ2v) is 6.67. The van der Waals surface area contributed by atoms with Crippen molar-refractivity contribution in [3.63, 3.8) is 0 Å². The first-order chi connectivity index (χ1) is 11.3. The van der Waals surface area contributed by atoms with Crippen LogP contribution in [0.3, 0.4) is 0 Å². The predicted molar refractivity (Wildman–Crippen MR) is 102 cm³/mol. The summed E-state index contributed by atoms with van der Waals surface area (Å²) in [5.41, 5.74) is 1.11. The van der Waals surface area contributed by atoms with E-state index in [9.17, 15) is 4.79 Å². The molecule has 1 aliphatic heterocycles. The fourth-order valence-corrected chi connectivity index (χ4v) is 3.78. The van der Waals surface area contributed by atoms with Crippen molar-refractivity contribution in [1.82, 2.24) is 10.6 Å². The quantitative estimate of drug-likeness (QED) is 0.847. The summed E-state index contributed by atoms with van der Waals surface area (Å²) in [5, 5.41) is 6.45. The number of nitrogens with one attached hydrogen (secondary N) is 2. The van der Waals surface area contributed by atoms with Crippen LogP contribution in [0.2, 0.25) is 0 Å². The summed E-state index contributed by atoms with van der Waals surface area (Å²) in [4.78, 5) is 14.4. The van der Waals surface area contributed by atoms with Gasteiger partial charge in [0.2, 0.25) is 0 Å². The molecule has 3 rings (SSSR count). The van der Waals surface area contributed by atoms with E-state index in [2.05, 4.69) is 10.6 Å². The lowest BCUT2D eigenvalue weighted by Gasteiger charge is -2.23. The number of piperidine rings is 1. The maximum absolute atomic E-state index is 12.6. The summed E-state index contributed by atoms with van der Waals surface area (Å²) in [6, 6.07) is 12.3. The summed E-state index contributed by atoms with van der Waals surface area (Å²) in [6.45, 7) is 4.36. The lowest BCUT2D eigenvalue weighted by molar-refractivity contribution is 0.0931. The zero-order chi connectivity index (χ0) is 16.1. The van der Waals surface area contributed by atoms with Crippen molar-refractivity contribution in [2.75, 3.05) is 19.7 Å². The maximum Gasteiger partial charge on any atom is 0.265 e. The van der Waals surface area contributed by atoms with Gasteiger partial charge in [-0.3, -0.25) is 4.79 Å². The molecule has 0 bridgehead atoms. The molecule has 0 radical (unpaired) electrons. The second-order valence-electron chi connectivity index (χ2n) is 5.62. The van der Waals surface area contributed by atoms with Gasteiger partial charge in [-0.1, -0.05) is 30.3 Å². The van der Waals surface area contributed by atoms with E-state index in [-0.39, 0.29) is 24.4 Å². The van der Waals surface area contributed by atoms with Crippen LogP contribution in [0.4, 0.5) is 0 Å². The fourth-order valence-electron chi connectivity index (χ4n) is 2.77. The summed E-state index contributed by atoms with van der Waals surface area (Å²) in [7, 11) is 0. The molecule has 1 atom stereocenters. The van der Waals surface area contributed by atoms with Gasteiger partial charge in [0.25, 0.3) is 5.91 Å². The zero-order valence-electron chi connectivity index (χ0n) is 13.7. The topological polar surface area (TPSA) is 50.4 Å². The summed E-state index contributed by atoms with van der Waals surface area (Å²) >= 11 is 1.49. The third-order valence-corrected chi connectivity index (χ3v) is 5.06. The fraction of sp³-hybridized carbons (Fsp3) is 0.389. The molecule has 2 heterocycles. The van der Waals surface area contributed by atoms with Crippen LogP contribution < -0.4 is 15.4 Å². The van der Waals surface area contributed by atoms with Gasteiger partial charge in [-0.2, -0.15) is 0 Å². The number of hydrogen-bond acceptors (Lipinski definition) is 4. The van der Waals surface area contributed by atoms with Gasteiger partial charge < -0.3 is 15.4 Å². The van der Waals surface area contributed by atoms with Gasteiger partial charge in [0.05, 0.1) is 6.61 Å². The van der Waals surface area contributed by atoms with Crippen LogP contribution in [0.15, 0.2) is 36.4 Å². The highest BCUT2D eigenvalue weighted by molar-refractivity contribution is 7.17. The summed E-state index contributed by atoms with van der Waals surface area (Å²) in [6.07, 6.45) is 2.13. The van der Waals surface area contributed by atoms with E-state index in [1.165, 1.54) is 11.3 Å². The minimum atomic E-state index is -0.0330. The molecule has 1 aromatic carbocycles. The van der Waals surface area contributed by atoms with Gasteiger partial charge in [-0.15, -0.1) is 23.7 Å². The van der Waals surface area contributed by atoms with Crippen molar-refractivity contribution >= 4 is 29.7 Å².